The number of rotatable bonds is 2. The zero-order valence-corrected chi connectivity index (χ0v) is 13.8. The normalized spacial score (nSPS) is 22.5. The molecule has 126 valence electrons. The van der Waals surface area contributed by atoms with Crippen LogP contribution in [-0.2, 0) is 6.54 Å². The summed E-state index contributed by atoms with van der Waals surface area (Å²) < 4.78 is 16.6. The van der Waals surface area contributed by atoms with Crippen LogP contribution in [0.2, 0.25) is 0 Å². The van der Waals surface area contributed by atoms with Crippen LogP contribution in [0.3, 0.4) is 0 Å². The summed E-state index contributed by atoms with van der Waals surface area (Å²) in [5, 5.41) is 9.34. The third-order valence-electron chi connectivity index (χ3n) is 4.86. The van der Waals surface area contributed by atoms with Gasteiger partial charge < -0.3 is 20.3 Å². The van der Waals surface area contributed by atoms with Crippen LogP contribution in [0.1, 0.15) is 17.3 Å². The van der Waals surface area contributed by atoms with E-state index in [-0.39, 0.29) is 23.0 Å². The summed E-state index contributed by atoms with van der Waals surface area (Å²) in [5.74, 6) is -1.11. The molecule has 0 bridgehead atoms. The Hall–Kier alpha value is -2.06. The van der Waals surface area contributed by atoms with Gasteiger partial charge in [-0.25, -0.2) is 9.18 Å². The Labute approximate surface area is 141 Å². The van der Waals surface area contributed by atoms with Crippen LogP contribution >= 0.6 is 11.8 Å². The third-order valence-corrected chi connectivity index (χ3v) is 5.92. The fourth-order valence-electron chi connectivity index (χ4n) is 3.40. The largest absolute Gasteiger partial charge is 0.477 e. The van der Waals surface area contributed by atoms with Gasteiger partial charge in [0.05, 0.1) is 21.5 Å². The number of benzene rings is 1. The maximum atomic E-state index is 14.8. The number of hydrogen-bond donors (Lipinski definition) is 2. The molecule has 1 aromatic heterocycles. The van der Waals surface area contributed by atoms with E-state index in [0.717, 1.165) is 0 Å². The maximum Gasteiger partial charge on any atom is 0.341 e. The first kappa shape index (κ1) is 15.5. The fourth-order valence-corrected chi connectivity index (χ4v) is 4.61. The minimum Gasteiger partial charge on any atom is -0.477 e. The van der Waals surface area contributed by atoms with E-state index in [1.54, 1.807) is 4.57 Å². The van der Waals surface area contributed by atoms with Gasteiger partial charge in [-0.05, 0) is 13.0 Å². The Morgan fingerprint density at radius 1 is 1.50 bits per heavy atom. The quantitative estimate of drug-likeness (QED) is 0.854. The van der Waals surface area contributed by atoms with Crippen LogP contribution < -0.4 is 16.1 Å². The van der Waals surface area contributed by atoms with Crippen LogP contribution in [0, 0.1) is 5.82 Å². The highest BCUT2D eigenvalue weighted by atomic mass is 32.2. The highest BCUT2D eigenvalue weighted by Crippen LogP contribution is 2.43. The molecule has 8 heteroatoms. The summed E-state index contributed by atoms with van der Waals surface area (Å²) in [6.07, 6.45) is 1.36. The molecule has 2 aliphatic heterocycles. The van der Waals surface area contributed by atoms with E-state index in [1.165, 1.54) is 24.0 Å². The lowest BCUT2D eigenvalue weighted by atomic mass is 9.97. The number of thioether (sulfide) groups is 1. The summed E-state index contributed by atoms with van der Waals surface area (Å²) >= 11 is 1.50. The molecule has 3 N–H and O–H groups in total. The number of pyridine rings is 1. The molecular weight excluding hydrogens is 333 g/mol. The molecule has 1 aromatic carbocycles. The second-order valence-electron chi connectivity index (χ2n) is 6.21. The number of aryl methyl sites for hydroxylation is 1. The molecule has 0 aliphatic carbocycles. The number of anilines is 1. The molecule has 1 fully saturated rings. The van der Waals surface area contributed by atoms with Crippen molar-refractivity contribution in [2.45, 2.75) is 30.4 Å². The van der Waals surface area contributed by atoms with Crippen molar-refractivity contribution < 1.29 is 14.3 Å². The summed E-state index contributed by atoms with van der Waals surface area (Å²) in [4.78, 5) is 26.3. The Balaban J connectivity index is 2.04. The predicted octanol–water partition coefficient (Wildman–Crippen LogP) is 1.48. The molecule has 0 radical (unpaired) electrons. The molecule has 6 nitrogen and oxygen atoms in total. The van der Waals surface area contributed by atoms with Crippen molar-refractivity contribution in [2.24, 2.45) is 5.73 Å². The van der Waals surface area contributed by atoms with Gasteiger partial charge in [-0.1, -0.05) is 0 Å². The lowest BCUT2D eigenvalue weighted by molar-refractivity contribution is 0.0695. The van der Waals surface area contributed by atoms with E-state index in [1.807, 2.05) is 11.8 Å². The topological polar surface area (TPSA) is 88.6 Å². The van der Waals surface area contributed by atoms with Crippen LogP contribution in [0.25, 0.3) is 10.9 Å². The maximum absolute atomic E-state index is 14.8. The van der Waals surface area contributed by atoms with E-state index >= 15 is 0 Å². The number of nitrogens with two attached hydrogens (primary N) is 1. The molecular formula is C16H16FN3O3S. The standard InChI is InChI=1S/C16H16FN3O3S/c1-7-11(18)6-20(7)13-10(17)4-8-12-15(13)24-3-2-19(12)5-9(14(8)21)16(22)23/h4-5,7,11H,2-3,6,18H2,1H3,(H,22,23)/t7-,11+/m1/s1. The van der Waals surface area contributed by atoms with Crippen molar-refractivity contribution in [3.05, 3.63) is 33.9 Å². The van der Waals surface area contributed by atoms with Crippen molar-refractivity contribution in [3.8, 4) is 0 Å². The molecule has 0 saturated carbocycles. The van der Waals surface area contributed by atoms with Gasteiger partial charge in [0.1, 0.15) is 11.4 Å². The first-order valence-corrected chi connectivity index (χ1v) is 8.66. The molecule has 24 heavy (non-hydrogen) atoms. The van der Waals surface area contributed by atoms with E-state index in [0.29, 0.717) is 34.9 Å². The molecule has 1 saturated heterocycles. The highest BCUT2D eigenvalue weighted by molar-refractivity contribution is 7.99. The first-order valence-electron chi connectivity index (χ1n) is 7.68. The van der Waals surface area contributed by atoms with Crippen LogP contribution in [0.15, 0.2) is 22.0 Å². The van der Waals surface area contributed by atoms with Gasteiger partial charge in [-0.2, -0.15) is 0 Å². The number of nitrogens with zero attached hydrogens (tertiary/aromatic N) is 2. The lowest BCUT2D eigenvalue weighted by Crippen LogP contribution is -2.63. The lowest BCUT2D eigenvalue weighted by Gasteiger charge is -2.47. The van der Waals surface area contributed by atoms with Crippen molar-refractivity contribution in [1.29, 1.82) is 0 Å². The Morgan fingerprint density at radius 2 is 2.25 bits per heavy atom. The van der Waals surface area contributed by atoms with Gasteiger partial charge in [0.2, 0.25) is 5.43 Å². The minimum atomic E-state index is -1.29. The number of carbonyl (C=O) groups is 1. The third kappa shape index (κ3) is 1.99. The number of hydrogen-bond acceptors (Lipinski definition) is 5. The molecule has 0 spiro atoms. The van der Waals surface area contributed by atoms with Crippen molar-refractivity contribution >= 4 is 34.3 Å². The van der Waals surface area contributed by atoms with Crippen LogP contribution in [-0.4, -0.2) is 40.0 Å². The van der Waals surface area contributed by atoms with E-state index in [9.17, 15) is 19.1 Å². The summed E-state index contributed by atoms with van der Waals surface area (Å²) in [6, 6.07) is 1.19. The number of aromatic nitrogens is 1. The number of aromatic carboxylic acids is 1. The Kier molecular flexibility index (Phi) is 3.36. The van der Waals surface area contributed by atoms with E-state index in [2.05, 4.69) is 0 Å². The molecule has 0 unspecified atom stereocenters. The molecule has 3 heterocycles. The molecule has 2 atom stereocenters. The van der Waals surface area contributed by atoms with Gasteiger partial charge in [-0.15, -0.1) is 11.8 Å². The van der Waals surface area contributed by atoms with E-state index < -0.39 is 17.2 Å². The van der Waals surface area contributed by atoms with Crippen molar-refractivity contribution in [3.63, 3.8) is 0 Å². The van der Waals surface area contributed by atoms with E-state index in [4.69, 9.17) is 5.73 Å². The summed E-state index contributed by atoms with van der Waals surface area (Å²) in [5.41, 5.74) is 6.05. The average molecular weight is 349 g/mol. The molecule has 2 aromatic rings. The van der Waals surface area contributed by atoms with Gasteiger partial charge in [-0.3, -0.25) is 4.79 Å². The zero-order chi connectivity index (χ0) is 17.2. The SMILES string of the molecule is C[C@@H]1[C@@H](N)CN1c1c(F)cc2c(=O)c(C(=O)O)cn3c2c1SCC3. The number of carboxylic acid groups (broad SMARTS) is 1. The highest BCUT2D eigenvalue weighted by Gasteiger charge is 2.37. The number of halogens is 1. The summed E-state index contributed by atoms with van der Waals surface area (Å²) in [7, 11) is 0. The molecule has 2 aliphatic rings. The van der Waals surface area contributed by atoms with Crippen molar-refractivity contribution in [1.82, 2.24) is 4.57 Å². The first-order chi connectivity index (χ1) is 11.4. The second kappa shape index (κ2) is 5.22. The van der Waals surface area contributed by atoms with Gasteiger partial charge in [0.15, 0.2) is 0 Å². The molecule has 0 amide bonds. The zero-order valence-electron chi connectivity index (χ0n) is 13.0. The fraction of sp³-hybridized carbons (Fsp3) is 0.375. The minimum absolute atomic E-state index is 0.00235. The average Bonchev–Trinajstić information content (AvgIpc) is 2.56. The second-order valence-corrected chi connectivity index (χ2v) is 7.31. The monoisotopic (exact) mass is 349 g/mol. The van der Waals surface area contributed by atoms with Crippen LogP contribution in [0.4, 0.5) is 10.1 Å². The van der Waals surface area contributed by atoms with Crippen molar-refractivity contribution in [2.75, 3.05) is 17.2 Å². The van der Waals surface area contributed by atoms with Gasteiger partial charge in [0.25, 0.3) is 0 Å². The Morgan fingerprint density at radius 3 is 2.88 bits per heavy atom. The van der Waals surface area contributed by atoms with Gasteiger partial charge in [0, 0.05) is 37.1 Å². The Bertz CT molecular complexity index is 943. The smallest absolute Gasteiger partial charge is 0.341 e. The number of carboxylic acids is 1. The van der Waals surface area contributed by atoms with Crippen LogP contribution in [0.5, 0.6) is 0 Å². The summed E-state index contributed by atoms with van der Waals surface area (Å²) in [6.45, 7) is 3.09. The van der Waals surface area contributed by atoms with Gasteiger partial charge >= 0.3 is 5.97 Å². The molecule has 4 rings (SSSR count). The predicted molar refractivity (Wildman–Crippen MR) is 90.6 cm³/mol.